The zero-order chi connectivity index (χ0) is 17.6. The third-order valence-electron chi connectivity index (χ3n) is 4.20. The van der Waals surface area contributed by atoms with Crippen LogP contribution in [0.25, 0.3) is 0 Å². The number of carbonyl (C=O) groups excluding carboxylic acids is 1. The van der Waals surface area contributed by atoms with E-state index in [0.717, 1.165) is 11.1 Å². The maximum absolute atomic E-state index is 11.9. The summed E-state index contributed by atoms with van der Waals surface area (Å²) in [6, 6.07) is 9.63. The smallest absolute Gasteiger partial charge is 0.315 e. The molecule has 130 valence electrons. The first-order valence-electron chi connectivity index (χ1n) is 8.16. The zero-order valence-corrected chi connectivity index (χ0v) is 14.5. The molecule has 1 aromatic carbocycles. The van der Waals surface area contributed by atoms with E-state index in [4.69, 9.17) is 0 Å². The first-order chi connectivity index (χ1) is 11.4. The summed E-state index contributed by atoms with van der Waals surface area (Å²) in [5.41, 5.74) is 1.23. The van der Waals surface area contributed by atoms with Gasteiger partial charge in [-0.25, -0.2) is 4.79 Å². The Kier molecular flexibility index (Phi) is 5.98. The van der Waals surface area contributed by atoms with Gasteiger partial charge in [-0.1, -0.05) is 38.1 Å². The lowest BCUT2D eigenvalue weighted by Gasteiger charge is -2.27. The Hall–Kier alpha value is -2.34. The summed E-state index contributed by atoms with van der Waals surface area (Å²) in [4.78, 5) is 11.9. The highest BCUT2D eigenvalue weighted by Crippen LogP contribution is 2.14. The van der Waals surface area contributed by atoms with Crippen LogP contribution in [0.5, 0.6) is 0 Å². The molecule has 2 rings (SSSR count). The van der Waals surface area contributed by atoms with Gasteiger partial charge in [0.05, 0.1) is 12.1 Å². The van der Waals surface area contributed by atoms with Crippen LogP contribution < -0.4 is 10.6 Å². The van der Waals surface area contributed by atoms with E-state index in [-0.39, 0.29) is 18.5 Å². The summed E-state index contributed by atoms with van der Waals surface area (Å²) in [6.45, 7) is 6.91. The van der Waals surface area contributed by atoms with Gasteiger partial charge in [0.25, 0.3) is 0 Å². The van der Waals surface area contributed by atoms with Crippen LogP contribution in [-0.4, -0.2) is 33.1 Å². The summed E-state index contributed by atoms with van der Waals surface area (Å²) in [6.07, 6.45) is 3.67. The van der Waals surface area contributed by atoms with Gasteiger partial charge in [0.15, 0.2) is 0 Å². The number of hydrogen-bond acceptors (Lipinski definition) is 3. The second kappa shape index (κ2) is 7.97. The first-order valence-corrected chi connectivity index (χ1v) is 8.16. The van der Waals surface area contributed by atoms with Gasteiger partial charge < -0.3 is 15.7 Å². The molecule has 0 spiro atoms. The van der Waals surface area contributed by atoms with Crippen LogP contribution in [-0.2, 0) is 13.1 Å². The number of aliphatic hydroxyl groups is 1. The highest BCUT2D eigenvalue weighted by molar-refractivity contribution is 5.73. The van der Waals surface area contributed by atoms with Crippen molar-refractivity contribution in [2.45, 2.75) is 39.5 Å². The summed E-state index contributed by atoms with van der Waals surface area (Å²) in [7, 11) is 0. The van der Waals surface area contributed by atoms with Crippen molar-refractivity contribution in [3.63, 3.8) is 0 Å². The molecular weight excluding hydrogens is 304 g/mol. The van der Waals surface area contributed by atoms with E-state index in [1.807, 2.05) is 55.1 Å². The molecule has 2 aromatic rings. The Morgan fingerprint density at radius 3 is 2.71 bits per heavy atom. The number of aromatic nitrogens is 2. The quantitative estimate of drug-likeness (QED) is 0.728. The van der Waals surface area contributed by atoms with Gasteiger partial charge in [0, 0.05) is 25.5 Å². The Morgan fingerprint density at radius 1 is 1.29 bits per heavy atom. The van der Waals surface area contributed by atoms with E-state index in [2.05, 4.69) is 15.7 Å². The number of nitrogens with zero attached hydrogens (tertiary/aromatic N) is 2. The number of hydrogen-bond donors (Lipinski definition) is 3. The normalized spacial score (nSPS) is 13.5. The van der Waals surface area contributed by atoms with Crippen LogP contribution in [0.15, 0.2) is 42.7 Å². The molecule has 1 unspecified atom stereocenters. The van der Waals surface area contributed by atoms with Gasteiger partial charge in [-0.05, 0) is 30.0 Å². The molecule has 1 atom stereocenters. The molecule has 1 aromatic heterocycles. The summed E-state index contributed by atoms with van der Waals surface area (Å²) < 4.78 is 1.85. The van der Waals surface area contributed by atoms with Crippen molar-refractivity contribution in [2.75, 3.05) is 6.54 Å². The predicted octanol–water partition coefficient (Wildman–Crippen LogP) is 2.14. The molecule has 0 bridgehead atoms. The highest BCUT2D eigenvalue weighted by atomic mass is 16.3. The van der Waals surface area contributed by atoms with Crippen molar-refractivity contribution in [3.8, 4) is 0 Å². The van der Waals surface area contributed by atoms with E-state index < -0.39 is 5.60 Å². The largest absolute Gasteiger partial charge is 0.388 e. The zero-order valence-electron chi connectivity index (χ0n) is 14.5. The topological polar surface area (TPSA) is 79.2 Å². The Bertz CT molecular complexity index is 651. The van der Waals surface area contributed by atoms with Crippen molar-refractivity contribution in [2.24, 2.45) is 5.92 Å². The highest BCUT2D eigenvalue weighted by Gasteiger charge is 2.25. The standard InChI is InChI=1S/C18H26N4O2/c1-14(2)18(3,24)13-20-17(23)19-11-15-6-4-7-16(10-15)12-22-9-5-8-21-22/h4-10,14,24H,11-13H2,1-3H3,(H2,19,20,23). The molecule has 1 heterocycles. The average molecular weight is 330 g/mol. The number of amides is 2. The maximum atomic E-state index is 11.9. The van der Waals surface area contributed by atoms with Crippen LogP contribution in [0.2, 0.25) is 0 Å². The Morgan fingerprint density at radius 2 is 2.04 bits per heavy atom. The van der Waals surface area contributed by atoms with Crippen LogP contribution in [0.3, 0.4) is 0 Å². The lowest BCUT2D eigenvalue weighted by molar-refractivity contribution is 0.0166. The average Bonchev–Trinajstić information content (AvgIpc) is 3.04. The van der Waals surface area contributed by atoms with E-state index in [1.54, 1.807) is 13.1 Å². The fourth-order valence-corrected chi connectivity index (χ4v) is 2.13. The van der Waals surface area contributed by atoms with E-state index >= 15 is 0 Å². The molecule has 0 saturated carbocycles. The van der Waals surface area contributed by atoms with Gasteiger partial charge >= 0.3 is 6.03 Å². The van der Waals surface area contributed by atoms with E-state index in [9.17, 15) is 9.90 Å². The molecule has 0 saturated heterocycles. The fraction of sp³-hybridized carbons (Fsp3) is 0.444. The molecule has 0 fully saturated rings. The molecule has 3 N–H and O–H groups in total. The monoisotopic (exact) mass is 330 g/mol. The van der Waals surface area contributed by atoms with Crippen molar-refractivity contribution in [1.29, 1.82) is 0 Å². The number of urea groups is 1. The Labute approximate surface area is 142 Å². The van der Waals surface area contributed by atoms with Gasteiger partial charge in [0.1, 0.15) is 0 Å². The summed E-state index contributed by atoms with van der Waals surface area (Å²) >= 11 is 0. The third-order valence-corrected chi connectivity index (χ3v) is 4.20. The number of benzene rings is 1. The molecular formula is C18H26N4O2. The van der Waals surface area contributed by atoms with Crippen LogP contribution in [0.4, 0.5) is 4.79 Å². The molecule has 0 aliphatic carbocycles. The van der Waals surface area contributed by atoms with Gasteiger partial charge in [-0.15, -0.1) is 0 Å². The summed E-state index contributed by atoms with van der Waals surface area (Å²) in [5.74, 6) is 0.0665. The molecule has 0 radical (unpaired) electrons. The van der Waals surface area contributed by atoms with Crippen molar-refractivity contribution in [3.05, 3.63) is 53.9 Å². The van der Waals surface area contributed by atoms with Crippen molar-refractivity contribution < 1.29 is 9.90 Å². The lowest BCUT2D eigenvalue weighted by Crippen LogP contribution is -2.47. The Balaban J connectivity index is 1.82. The van der Waals surface area contributed by atoms with Crippen molar-refractivity contribution in [1.82, 2.24) is 20.4 Å². The third kappa shape index (κ3) is 5.38. The van der Waals surface area contributed by atoms with E-state index in [0.29, 0.717) is 13.1 Å². The molecule has 2 amide bonds. The van der Waals surface area contributed by atoms with Gasteiger partial charge in [-0.2, -0.15) is 5.10 Å². The number of rotatable bonds is 7. The van der Waals surface area contributed by atoms with Crippen LogP contribution in [0, 0.1) is 5.92 Å². The van der Waals surface area contributed by atoms with Gasteiger partial charge in [0.2, 0.25) is 0 Å². The van der Waals surface area contributed by atoms with Crippen LogP contribution >= 0.6 is 0 Å². The molecule has 24 heavy (non-hydrogen) atoms. The van der Waals surface area contributed by atoms with E-state index in [1.165, 1.54) is 0 Å². The number of nitrogens with one attached hydrogen (secondary N) is 2. The molecule has 6 heteroatoms. The predicted molar refractivity (Wildman–Crippen MR) is 93.5 cm³/mol. The van der Waals surface area contributed by atoms with Crippen molar-refractivity contribution >= 4 is 6.03 Å². The first kappa shape index (κ1) is 18.0. The minimum atomic E-state index is -0.916. The van der Waals surface area contributed by atoms with Gasteiger partial charge in [-0.3, -0.25) is 4.68 Å². The maximum Gasteiger partial charge on any atom is 0.315 e. The molecule has 0 aliphatic rings. The minimum Gasteiger partial charge on any atom is -0.388 e. The second-order valence-electron chi connectivity index (χ2n) is 6.57. The SMILES string of the molecule is CC(C)C(C)(O)CNC(=O)NCc1cccc(Cn2cccn2)c1. The second-order valence-corrected chi connectivity index (χ2v) is 6.57. The molecule has 0 aliphatic heterocycles. The molecule has 6 nitrogen and oxygen atoms in total. The number of carbonyl (C=O) groups is 1. The minimum absolute atomic E-state index is 0.0665. The fourth-order valence-electron chi connectivity index (χ4n) is 2.13. The van der Waals surface area contributed by atoms with Crippen LogP contribution in [0.1, 0.15) is 31.9 Å². The summed E-state index contributed by atoms with van der Waals surface area (Å²) in [5, 5.41) is 19.8. The lowest BCUT2D eigenvalue weighted by atomic mass is 9.93.